The number of aromatic nitrogens is 1. The number of anilines is 2. The second-order valence-electron chi connectivity index (χ2n) is 3.57. The zero-order valence-corrected chi connectivity index (χ0v) is 9.68. The monoisotopic (exact) mass is 229 g/mol. The van der Waals surface area contributed by atoms with Crippen molar-refractivity contribution in [3.8, 4) is 5.88 Å². The number of ether oxygens (including phenoxy) is 1. The van der Waals surface area contributed by atoms with Crippen molar-refractivity contribution in [2.75, 3.05) is 12.4 Å². The SMILES string of the molecule is COc1cc(Nc2ccccc2CN)ccn1. The Hall–Kier alpha value is -2.07. The molecule has 0 bridgehead atoms. The van der Waals surface area contributed by atoms with Crippen molar-refractivity contribution in [2.45, 2.75) is 6.54 Å². The van der Waals surface area contributed by atoms with Gasteiger partial charge in [0.2, 0.25) is 5.88 Å². The molecule has 2 aromatic rings. The first-order chi connectivity index (χ1) is 8.33. The Labute approximate surface area is 100 Å². The maximum atomic E-state index is 5.68. The normalized spacial score (nSPS) is 10.0. The summed E-state index contributed by atoms with van der Waals surface area (Å²) < 4.78 is 5.07. The van der Waals surface area contributed by atoms with Gasteiger partial charge in [0.1, 0.15) is 0 Å². The number of nitrogens with two attached hydrogens (primary N) is 1. The summed E-state index contributed by atoms with van der Waals surface area (Å²) in [6, 6.07) is 11.7. The number of para-hydroxylation sites is 1. The Balaban J connectivity index is 2.24. The summed E-state index contributed by atoms with van der Waals surface area (Å²) in [7, 11) is 1.60. The van der Waals surface area contributed by atoms with Crippen LogP contribution in [0.1, 0.15) is 5.56 Å². The maximum absolute atomic E-state index is 5.68. The van der Waals surface area contributed by atoms with E-state index in [1.54, 1.807) is 13.3 Å². The zero-order chi connectivity index (χ0) is 12.1. The molecule has 0 saturated carbocycles. The van der Waals surface area contributed by atoms with E-state index in [1.165, 1.54) is 0 Å². The minimum atomic E-state index is 0.505. The summed E-state index contributed by atoms with van der Waals surface area (Å²) in [5.74, 6) is 0.584. The summed E-state index contributed by atoms with van der Waals surface area (Å²) in [4.78, 5) is 4.06. The molecule has 88 valence electrons. The fourth-order valence-corrected chi connectivity index (χ4v) is 1.57. The second-order valence-corrected chi connectivity index (χ2v) is 3.57. The lowest BCUT2D eigenvalue weighted by Crippen LogP contribution is -2.01. The molecule has 0 radical (unpaired) electrons. The Morgan fingerprint density at radius 3 is 2.88 bits per heavy atom. The second kappa shape index (κ2) is 5.32. The molecule has 3 N–H and O–H groups in total. The average molecular weight is 229 g/mol. The van der Waals surface area contributed by atoms with E-state index in [9.17, 15) is 0 Å². The van der Waals surface area contributed by atoms with Gasteiger partial charge >= 0.3 is 0 Å². The third-order valence-electron chi connectivity index (χ3n) is 2.46. The molecule has 0 atom stereocenters. The first-order valence-corrected chi connectivity index (χ1v) is 5.38. The zero-order valence-electron chi connectivity index (χ0n) is 9.68. The molecule has 0 aliphatic carbocycles. The van der Waals surface area contributed by atoms with Crippen molar-refractivity contribution in [3.63, 3.8) is 0 Å². The Morgan fingerprint density at radius 1 is 1.29 bits per heavy atom. The van der Waals surface area contributed by atoms with Crippen LogP contribution in [0.15, 0.2) is 42.6 Å². The van der Waals surface area contributed by atoms with Gasteiger partial charge in [0.05, 0.1) is 7.11 Å². The van der Waals surface area contributed by atoms with Crippen LogP contribution in [0.5, 0.6) is 5.88 Å². The van der Waals surface area contributed by atoms with Gasteiger partial charge in [-0.2, -0.15) is 0 Å². The van der Waals surface area contributed by atoms with Crippen molar-refractivity contribution in [2.24, 2.45) is 5.73 Å². The van der Waals surface area contributed by atoms with Crippen LogP contribution in [0, 0.1) is 0 Å². The number of nitrogens with one attached hydrogen (secondary N) is 1. The lowest BCUT2D eigenvalue weighted by Gasteiger charge is -2.11. The molecular weight excluding hydrogens is 214 g/mol. The minimum absolute atomic E-state index is 0.505. The van der Waals surface area contributed by atoms with Crippen molar-refractivity contribution in [1.29, 1.82) is 0 Å². The standard InChI is InChI=1S/C13H15N3O/c1-17-13-8-11(6-7-15-13)16-12-5-3-2-4-10(12)9-14/h2-8H,9,14H2,1H3,(H,15,16). The third-order valence-corrected chi connectivity index (χ3v) is 2.46. The highest BCUT2D eigenvalue weighted by Gasteiger charge is 2.01. The van der Waals surface area contributed by atoms with Crippen molar-refractivity contribution in [1.82, 2.24) is 4.98 Å². The summed E-state index contributed by atoms with van der Waals surface area (Å²) in [5.41, 5.74) is 8.69. The van der Waals surface area contributed by atoms with Crippen LogP contribution in [0.4, 0.5) is 11.4 Å². The topological polar surface area (TPSA) is 60.2 Å². The van der Waals surface area contributed by atoms with Crippen molar-refractivity contribution in [3.05, 3.63) is 48.2 Å². The van der Waals surface area contributed by atoms with E-state index in [4.69, 9.17) is 10.5 Å². The molecule has 17 heavy (non-hydrogen) atoms. The smallest absolute Gasteiger partial charge is 0.214 e. The van der Waals surface area contributed by atoms with Gasteiger partial charge in [-0.15, -0.1) is 0 Å². The van der Waals surface area contributed by atoms with E-state index < -0.39 is 0 Å². The molecule has 0 unspecified atom stereocenters. The lowest BCUT2D eigenvalue weighted by atomic mass is 10.1. The van der Waals surface area contributed by atoms with Crippen LogP contribution in [0.2, 0.25) is 0 Å². The Bertz CT molecular complexity index is 500. The van der Waals surface area contributed by atoms with E-state index in [0.717, 1.165) is 16.9 Å². The van der Waals surface area contributed by atoms with Gasteiger partial charge in [-0.05, 0) is 17.7 Å². The van der Waals surface area contributed by atoms with E-state index in [2.05, 4.69) is 10.3 Å². The maximum Gasteiger partial charge on any atom is 0.214 e. The fraction of sp³-hybridized carbons (Fsp3) is 0.154. The number of hydrogen-bond donors (Lipinski definition) is 2. The van der Waals surface area contributed by atoms with Gasteiger partial charge in [-0.1, -0.05) is 18.2 Å². The fourth-order valence-electron chi connectivity index (χ4n) is 1.57. The van der Waals surface area contributed by atoms with Gasteiger partial charge in [0, 0.05) is 30.2 Å². The summed E-state index contributed by atoms with van der Waals surface area (Å²) in [6.07, 6.45) is 1.70. The summed E-state index contributed by atoms with van der Waals surface area (Å²) in [6.45, 7) is 0.505. The average Bonchev–Trinajstić information content (AvgIpc) is 2.39. The molecule has 0 amide bonds. The highest BCUT2D eigenvalue weighted by molar-refractivity contribution is 5.63. The minimum Gasteiger partial charge on any atom is -0.481 e. The highest BCUT2D eigenvalue weighted by atomic mass is 16.5. The molecule has 0 aliphatic heterocycles. The van der Waals surface area contributed by atoms with Crippen LogP contribution in [0.3, 0.4) is 0 Å². The number of nitrogens with zero attached hydrogens (tertiary/aromatic N) is 1. The quantitative estimate of drug-likeness (QED) is 0.844. The molecule has 0 spiro atoms. The lowest BCUT2D eigenvalue weighted by molar-refractivity contribution is 0.398. The van der Waals surface area contributed by atoms with Gasteiger partial charge in [-0.3, -0.25) is 0 Å². The predicted octanol–water partition coefficient (Wildman–Crippen LogP) is 2.29. The number of hydrogen-bond acceptors (Lipinski definition) is 4. The van der Waals surface area contributed by atoms with E-state index >= 15 is 0 Å². The number of rotatable bonds is 4. The van der Waals surface area contributed by atoms with Crippen molar-refractivity contribution < 1.29 is 4.74 Å². The molecule has 1 heterocycles. The number of benzene rings is 1. The van der Waals surface area contributed by atoms with Crippen LogP contribution in [-0.4, -0.2) is 12.1 Å². The van der Waals surface area contributed by atoms with Gasteiger partial charge in [0.15, 0.2) is 0 Å². The Kier molecular flexibility index (Phi) is 3.57. The first kappa shape index (κ1) is 11.4. The largest absolute Gasteiger partial charge is 0.481 e. The Morgan fingerprint density at radius 2 is 2.12 bits per heavy atom. The van der Waals surface area contributed by atoms with Gasteiger partial charge < -0.3 is 15.8 Å². The number of pyridine rings is 1. The van der Waals surface area contributed by atoms with Crippen LogP contribution in [-0.2, 0) is 6.54 Å². The highest BCUT2D eigenvalue weighted by Crippen LogP contribution is 2.22. The number of methoxy groups -OCH3 is 1. The van der Waals surface area contributed by atoms with E-state index in [0.29, 0.717) is 12.4 Å². The van der Waals surface area contributed by atoms with Gasteiger partial charge in [-0.25, -0.2) is 4.98 Å². The molecule has 2 rings (SSSR count). The van der Waals surface area contributed by atoms with E-state index in [-0.39, 0.29) is 0 Å². The molecule has 0 fully saturated rings. The first-order valence-electron chi connectivity index (χ1n) is 5.38. The molecule has 0 aliphatic rings. The van der Waals surface area contributed by atoms with E-state index in [1.807, 2.05) is 36.4 Å². The summed E-state index contributed by atoms with van der Waals surface area (Å²) >= 11 is 0. The molecule has 0 saturated heterocycles. The third kappa shape index (κ3) is 2.73. The van der Waals surface area contributed by atoms with Gasteiger partial charge in [0.25, 0.3) is 0 Å². The predicted molar refractivity (Wildman–Crippen MR) is 68.4 cm³/mol. The molecule has 4 nitrogen and oxygen atoms in total. The van der Waals surface area contributed by atoms with Crippen molar-refractivity contribution >= 4 is 11.4 Å². The molecule has 4 heteroatoms. The van der Waals surface area contributed by atoms with Crippen LogP contribution >= 0.6 is 0 Å². The van der Waals surface area contributed by atoms with Crippen LogP contribution < -0.4 is 15.8 Å². The molecule has 1 aromatic heterocycles. The van der Waals surface area contributed by atoms with Crippen LogP contribution in [0.25, 0.3) is 0 Å². The summed E-state index contributed by atoms with van der Waals surface area (Å²) in [5, 5.41) is 3.30. The molecular formula is C13H15N3O. The molecule has 1 aromatic carbocycles.